The van der Waals surface area contributed by atoms with Gasteiger partial charge in [-0.15, -0.1) is 0 Å². The first-order chi connectivity index (χ1) is 9.04. The third-order valence-corrected chi connectivity index (χ3v) is 4.40. The first kappa shape index (κ1) is 14.8. The highest BCUT2D eigenvalue weighted by Gasteiger charge is 2.33. The van der Waals surface area contributed by atoms with Crippen LogP contribution in [0.1, 0.15) is 40.0 Å². The number of nitrogens with zero attached hydrogens (tertiary/aromatic N) is 3. The fraction of sp³-hybridized carbons (Fsp3) is 0.933. The normalized spacial score (nSPS) is 30.1. The van der Waals surface area contributed by atoms with Crippen molar-refractivity contribution in [1.29, 1.82) is 5.26 Å². The highest BCUT2D eigenvalue weighted by molar-refractivity contribution is 4.93. The van der Waals surface area contributed by atoms with Crippen LogP contribution in [0, 0.1) is 11.3 Å². The van der Waals surface area contributed by atoms with Gasteiger partial charge in [0.15, 0.2) is 0 Å². The van der Waals surface area contributed by atoms with E-state index in [-0.39, 0.29) is 11.6 Å². The molecule has 2 rings (SSSR count). The van der Waals surface area contributed by atoms with Crippen LogP contribution in [0.15, 0.2) is 0 Å². The molecule has 0 aromatic carbocycles. The minimum absolute atomic E-state index is 0.0700. The van der Waals surface area contributed by atoms with Crippen molar-refractivity contribution in [3.8, 4) is 6.07 Å². The topological polar surface area (TPSA) is 39.5 Å². The molecule has 0 spiro atoms. The Kier molecular flexibility index (Phi) is 4.83. The summed E-state index contributed by atoms with van der Waals surface area (Å²) in [6.45, 7) is 11.7. The summed E-state index contributed by atoms with van der Waals surface area (Å²) in [4.78, 5) is 4.81. The monoisotopic (exact) mass is 265 g/mol. The Labute approximate surface area is 117 Å². The summed E-state index contributed by atoms with van der Waals surface area (Å²) in [5, 5.41) is 9.11. The van der Waals surface area contributed by atoms with E-state index >= 15 is 0 Å². The summed E-state index contributed by atoms with van der Waals surface area (Å²) < 4.78 is 6.06. The van der Waals surface area contributed by atoms with Crippen LogP contribution >= 0.6 is 0 Å². The maximum atomic E-state index is 9.11. The van der Waals surface area contributed by atoms with Gasteiger partial charge < -0.3 is 4.74 Å². The second-order valence-electron chi connectivity index (χ2n) is 6.43. The van der Waals surface area contributed by atoms with Crippen molar-refractivity contribution in [2.45, 2.75) is 57.8 Å². The van der Waals surface area contributed by atoms with E-state index in [9.17, 15) is 0 Å². The number of piperazine rings is 1. The van der Waals surface area contributed by atoms with Crippen molar-refractivity contribution in [2.75, 3.05) is 32.7 Å². The lowest BCUT2D eigenvalue weighted by Gasteiger charge is -2.37. The van der Waals surface area contributed by atoms with Gasteiger partial charge in [0.2, 0.25) is 0 Å². The standard InChI is InChI=1S/C15H27N3O/c1-4-13(11-16)18-9-7-17(8-10-18)12-14-5-6-15(2,3)19-14/h13-14H,4-10,12H2,1-3H3. The summed E-state index contributed by atoms with van der Waals surface area (Å²) in [6.07, 6.45) is 3.68. The van der Waals surface area contributed by atoms with E-state index in [1.165, 1.54) is 12.8 Å². The molecule has 0 aromatic rings. The molecule has 2 aliphatic heterocycles. The van der Waals surface area contributed by atoms with Crippen LogP contribution in [0.2, 0.25) is 0 Å². The Morgan fingerprint density at radius 2 is 2.00 bits per heavy atom. The zero-order valence-electron chi connectivity index (χ0n) is 12.6. The first-order valence-corrected chi connectivity index (χ1v) is 7.58. The SMILES string of the molecule is CCC(C#N)N1CCN(CC2CCC(C)(C)O2)CC1. The molecule has 2 heterocycles. The second-order valence-corrected chi connectivity index (χ2v) is 6.43. The van der Waals surface area contributed by atoms with Crippen LogP contribution < -0.4 is 0 Å². The van der Waals surface area contributed by atoms with Crippen molar-refractivity contribution < 1.29 is 4.74 Å². The van der Waals surface area contributed by atoms with E-state index in [1.807, 2.05) is 0 Å². The molecule has 0 saturated carbocycles. The molecule has 2 atom stereocenters. The molecule has 0 aliphatic carbocycles. The molecule has 2 aliphatic rings. The minimum Gasteiger partial charge on any atom is -0.371 e. The maximum absolute atomic E-state index is 9.11. The molecule has 2 fully saturated rings. The molecule has 108 valence electrons. The summed E-state index contributed by atoms with van der Waals surface area (Å²) >= 11 is 0. The van der Waals surface area contributed by atoms with Gasteiger partial charge in [0, 0.05) is 32.7 Å². The van der Waals surface area contributed by atoms with E-state index in [0.29, 0.717) is 6.10 Å². The Bertz CT molecular complexity index is 329. The van der Waals surface area contributed by atoms with E-state index < -0.39 is 0 Å². The number of hydrogen-bond donors (Lipinski definition) is 0. The third-order valence-electron chi connectivity index (χ3n) is 4.40. The van der Waals surface area contributed by atoms with Crippen LogP contribution in [0.4, 0.5) is 0 Å². The summed E-state index contributed by atoms with van der Waals surface area (Å²) in [7, 11) is 0. The molecule has 0 bridgehead atoms. The third kappa shape index (κ3) is 3.92. The Hall–Kier alpha value is -0.630. The summed E-state index contributed by atoms with van der Waals surface area (Å²) in [5.74, 6) is 0. The molecule has 19 heavy (non-hydrogen) atoms. The average molecular weight is 265 g/mol. The predicted octanol–water partition coefficient (Wildman–Crippen LogP) is 1.86. The maximum Gasteiger partial charge on any atom is 0.0976 e. The molecule has 0 N–H and O–H groups in total. The van der Waals surface area contributed by atoms with Gasteiger partial charge >= 0.3 is 0 Å². The highest BCUT2D eigenvalue weighted by atomic mass is 16.5. The van der Waals surface area contributed by atoms with Crippen LogP contribution in [-0.2, 0) is 4.74 Å². The molecular formula is C15H27N3O. The van der Waals surface area contributed by atoms with Gasteiger partial charge in [-0.3, -0.25) is 9.80 Å². The van der Waals surface area contributed by atoms with Crippen molar-refractivity contribution in [3.05, 3.63) is 0 Å². The molecule has 4 nitrogen and oxygen atoms in total. The molecule has 0 amide bonds. The van der Waals surface area contributed by atoms with Crippen molar-refractivity contribution in [1.82, 2.24) is 9.80 Å². The predicted molar refractivity (Wildman–Crippen MR) is 75.9 cm³/mol. The highest BCUT2D eigenvalue weighted by Crippen LogP contribution is 2.29. The molecule has 2 unspecified atom stereocenters. The van der Waals surface area contributed by atoms with Gasteiger partial charge in [-0.05, 0) is 33.1 Å². The Morgan fingerprint density at radius 3 is 2.47 bits per heavy atom. The summed E-state index contributed by atoms with van der Waals surface area (Å²) in [6, 6.07) is 2.50. The van der Waals surface area contributed by atoms with Gasteiger partial charge in [-0.2, -0.15) is 5.26 Å². The van der Waals surface area contributed by atoms with Crippen molar-refractivity contribution in [2.24, 2.45) is 0 Å². The van der Waals surface area contributed by atoms with E-state index in [0.717, 1.165) is 39.1 Å². The molecule has 0 radical (unpaired) electrons. The van der Waals surface area contributed by atoms with Gasteiger partial charge in [-0.25, -0.2) is 0 Å². The van der Waals surface area contributed by atoms with Crippen molar-refractivity contribution >= 4 is 0 Å². The zero-order valence-corrected chi connectivity index (χ0v) is 12.6. The smallest absolute Gasteiger partial charge is 0.0976 e. The largest absolute Gasteiger partial charge is 0.371 e. The zero-order chi connectivity index (χ0) is 13.9. The quantitative estimate of drug-likeness (QED) is 0.778. The number of nitriles is 1. The molecule has 0 aromatic heterocycles. The first-order valence-electron chi connectivity index (χ1n) is 7.58. The molecule has 4 heteroatoms. The fourth-order valence-electron chi connectivity index (χ4n) is 3.18. The Balaban J connectivity index is 1.74. The lowest BCUT2D eigenvalue weighted by Crippen LogP contribution is -2.51. The van der Waals surface area contributed by atoms with Gasteiger partial charge in [-0.1, -0.05) is 6.92 Å². The van der Waals surface area contributed by atoms with Crippen LogP contribution in [-0.4, -0.2) is 60.3 Å². The van der Waals surface area contributed by atoms with Crippen LogP contribution in [0.3, 0.4) is 0 Å². The molecular weight excluding hydrogens is 238 g/mol. The lowest BCUT2D eigenvalue weighted by atomic mass is 10.1. The van der Waals surface area contributed by atoms with Gasteiger partial charge in [0.25, 0.3) is 0 Å². The van der Waals surface area contributed by atoms with Gasteiger partial charge in [0.05, 0.1) is 23.8 Å². The minimum atomic E-state index is 0.0700. The van der Waals surface area contributed by atoms with Gasteiger partial charge in [0.1, 0.15) is 0 Å². The van der Waals surface area contributed by atoms with E-state index in [4.69, 9.17) is 10.00 Å². The second kappa shape index (κ2) is 6.21. The van der Waals surface area contributed by atoms with E-state index in [2.05, 4.69) is 36.6 Å². The average Bonchev–Trinajstić information content (AvgIpc) is 2.72. The van der Waals surface area contributed by atoms with Crippen molar-refractivity contribution in [3.63, 3.8) is 0 Å². The lowest BCUT2D eigenvalue weighted by molar-refractivity contribution is -0.0343. The van der Waals surface area contributed by atoms with Crippen LogP contribution in [0.5, 0.6) is 0 Å². The van der Waals surface area contributed by atoms with E-state index in [1.54, 1.807) is 0 Å². The number of ether oxygens (including phenoxy) is 1. The summed E-state index contributed by atoms with van der Waals surface area (Å²) in [5.41, 5.74) is 0.0700. The number of rotatable bonds is 4. The van der Waals surface area contributed by atoms with Crippen LogP contribution in [0.25, 0.3) is 0 Å². The number of hydrogen-bond acceptors (Lipinski definition) is 4. The molecule has 2 saturated heterocycles. The Morgan fingerprint density at radius 1 is 1.32 bits per heavy atom. The fourth-order valence-corrected chi connectivity index (χ4v) is 3.18.